The van der Waals surface area contributed by atoms with Gasteiger partial charge in [-0.1, -0.05) is 96.8 Å². The van der Waals surface area contributed by atoms with Crippen LogP contribution < -0.4 is 0 Å². The molecule has 0 N–H and O–H groups in total. The van der Waals surface area contributed by atoms with Gasteiger partial charge in [-0.15, -0.1) is 0 Å². The maximum absolute atomic E-state index is 2.28. The van der Waals surface area contributed by atoms with Crippen LogP contribution in [0.25, 0.3) is 0 Å². The van der Waals surface area contributed by atoms with Crippen LogP contribution in [0.1, 0.15) is 13.3 Å². The predicted octanol–water partition coefficient (Wildman–Crippen LogP) is 7.43. The lowest BCUT2D eigenvalue weighted by atomic mass is 10.4. The maximum Gasteiger partial charge on any atom is 0.120 e. The fourth-order valence-electron chi connectivity index (χ4n) is 2.28. The molecule has 0 saturated carbocycles. The molecule has 0 atom stereocenters. The lowest BCUT2D eigenvalue weighted by Gasteiger charge is -2.31. The van der Waals surface area contributed by atoms with Crippen molar-refractivity contribution in [3.63, 3.8) is 0 Å². The monoisotopic (exact) mass is 368 g/mol. The summed E-state index contributed by atoms with van der Waals surface area (Å²) in [6.45, 7) is 2.28. The van der Waals surface area contributed by atoms with Crippen molar-refractivity contribution in [2.45, 2.75) is 31.4 Å². The first-order valence-corrected chi connectivity index (χ1v) is 10.5. The summed E-state index contributed by atoms with van der Waals surface area (Å²) in [5, 5.41) is 0. The van der Waals surface area contributed by atoms with Gasteiger partial charge in [0.1, 0.15) is 3.41 Å². The highest BCUT2D eigenvalue weighted by molar-refractivity contribution is 8.33. The first-order chi connectivity index (χ1) is 11.8. The van der Waals surface area contributed by atoms with E-state index in [9.17, 15) is 0 Å². The summed E-state index contributed by atoms with van der Waals surface area (Å²) >= 11 is 5.86. The van der Waals surface area contributed by atoms with Crippen molar-refractivity contribution in [3.8, 4) is 0 Å². The molecule has 3 aromatic carbocycles. The Bertz CT molecular complexity index is 625. The van der Waals surface area contributed by atoms with E-state index in [2.05, 4.69) is 97.9 Å². The Balaban J connectivity index is 1.91. The minimum absolute atomic E-state index is 0.00403. The lowest BCUT2D eigenvalue weighted by molar-refractivity contribution is 1.00. The second-order valence-corrected chi connectivity index (χ2v) is 10.2. The fourth-order valence-corrected chi connectivity index (χ4v) is 6.91. The van der Waals surface area contributed by atoms with E-state index in [1.807, 2.05) is 35.3 Å². The first kappa shape index (κ1) is 17.5. The summed E-state index contributed by atoms with van der Waals surface area (Å²) in [5.41, 5.74) is 0. The molecule has 0 spiro atoms. The van der Waals surface area contributed by atoms with Gasteiger partial charge in [-0.05, 0) is 42.8 Å². The van der Waals surface area contributed by atoms with E-state index in [1.165, 1.54) is 14.7 Å². The molecular formula is C21H20S3. The minimum Gasteiger partial charge on any atom is -0.0966 e. The second-order valence-electron chi connectivity index (χ2n) is 5.28. The lowest BCUT2D eigenvalue weighted by Crippen LogP contribution is -2.13. The maximum atomic E-state index is 2.28. The SMILES string of the molecule is CCC(Sc1ccccc1)(Sc1ccccc1)Sc1ccccc1. The van der Waals surface area contributed by atoms with Gasteiger partial charge >= 0.3 is 0 Å². The quantitative estimate of drug-likeness (QED) is 0.314. The molecule has 0 amide bonds. The van der Waals surface area contributed by atoms with E-state index in [0.717, 1.165) is 6.42 Å². The molecular weight excluding hydrogens is 348 g/mol. The van der Waals surface area contributed by atoms with E-state index in [0.29, 0.717) is 0 Å². The van der Waals surface area contributed by atoms with Crippen molar-refractivity contribution < 1.29 is 0 Å². The molecule has 0 unspecified atom stereocenters. The molecule has 0 aliphatic carbocycles. The Kier molecular flexibility index (Phi) is 6.36. The van der Waals surface area contributed by atoms with Crippen molar-refractivity contribution in [3.05, 3.63) is 91.0 Å². The number of rotatable bonds is 7. The summed E-state index contributed by atoms with van der Waals surface area (Å²) in [4.78, 5) is 3.93. The standard InChI is InChI=1S/C21H20S3/c1-2-21(22-18-12-6-3-7-13-18,23-19-14-8-4-9-15-19)24-20-16-10-5-11-17-20/h3-17H,2H2,1H3. The number of hydrogen-bond donors (Lipinski definition) is 0. The summed E-state index contributed by atoms with van der Waals surface area (Å²) < 4.78 is 0.00403. The van der Waals surface area contributed by atoms with Crippen molar-refractivity contribution in [2.75, 3.05) is 0 Å². The molecule has 0 bridgehead atoms. The average molecular weight is 369 g/mol. The third-order valence-electron chi connectivity index (χ3n) is 3.48. The van der Waals surface area contributed by atoms with Gasteiger partial charge in [0.05, 0.1) is 0 Å². The van der Waals surface area contributed by atoms with Gasteiger partial charge in [0.2, 0.25) is 0 Å². The molecule has 3 rings (SSSR count). The smallest absolute Gasteiger partial charge is 0.0966 e. The highest BCUT2D eigenvalue weighted by atomic mass is 32.3. The summed E-state index contributed by atoms with van der Waals surface area (Å²) in [7, 11) is 0. The highest BCUT2D eigenvalue weighted by Gasteiger charge is 2.32. The van der Waals surface area contributed by atoms with Gasteiger partial charge in [-0.2, -0.15) is 0 Å². The molecule has 0 heterocycles. The van der Waals surface area contributed by atoms with E-state index in [-0.39, 0.29) is 3.41 Å². The van der Waals surface area contributed by atoms with Crippen LogP contribution in [0.5, 0.6) is 0 Å². The normalized spacial score (nSPS) is 11.4. The Morgan fingerprint density at radius 2 is 0.833 bits per heavy atom. The summed E-state index contributed by atoms with van der Waals surface area (Å²) in [5.74, 6) is 0. The largest absolute Gasteiger partial charge is 0.120 e. The van der Waals surface area contributed by atoms with E-state index in [1.54, 1.807) is 0 Å². The molecule has 0 nitrogen and oxygen atoms in total. The zero-order valence-corrected chi connectivity index (χ0v) is 16.0. The zero-order chi connectivity index (χ0) is 16.7. The topological polar surface area (TPSA) is 0 Å². The zero-order valence-electron chi connectivity index (χ0n) is 13.6. The van der Waals surface area contributed by atoms with E-state index >= 15 is 0 Å². The highest BCUT2D eigenvalue weighted by Crippen LogP contribution is 2.57. The number of thioether (sulfide) groups is 3. The van der Waals surface area contributed by atoms with Crippen molar-refractivity contribution in [2.24, 2.45) is 0 Å². The Hall–Kier alpha value is -1.29. The molecule has 0 aromatic heterocycles. The molecule has 0 aliphatic rings. The van der Waals surface area contributed by atoms with Crippen LogP contribution in [0.2, 0.25) is 0 Å². The summed E-state index contributed by atoms with van der Waals surface area (Å²) in [6, 6.07) is 32.1. The third-order valence-corrected chi connectivity index (χ3v) is 8.31. The van der Waals surface area contributed by atoms with Gasteiger partial charge < -0.3 is 0 Å². The van der Waals surface area contributed by atoms with Gasteiger partial charge in [-0.3, -0.25) is 0 Å². The third kappa shape index (κ3) is 4.85. The number of benzene rings is 3. The van der Waals surface area contributed by atoms with Gasteiger partial charge in [0.25, 0.3) is 0 Å². The molecule has 122 valence electrons. The van der Waals surface area contributed by atoms with Crippen LogP contribution in [0.4, 0.5) is 0 Å². The first-order valence-electron chi connectivity index (χ1n) is 8.02. The molecule has 3 aromatic rings. The van der Waals surface area contributed by atoms with Crippen LogP contribution in [0, 0.1) is 0 Å². The van der Waals surface area contributed by atoms with Crippen molar-refractivity contribution in [1.82, 2.24) is 0 Å². The average Bonchev–Trinajstić information content (AvgIpc) is 2.64. The van der Waals surface area contributed by atoms with E-state index < -0.39 is 0 Å². The summed E-state index contributed by atoms with van der Waals surface area (Å²) in [6.07, 6.45) is 1.06. The molecule has 0 radical (unpaired) electrons. The molecule has 0 fully saturated rings. The number of hydrogen-bond acceptors (Lipinski definition) is 3. The van der Waals surface area contributed by atoms with Crippen LogP contribution in [0.15, 0.2) is 106 Å². The molecule has 0 saturated heterocycles. The Morgan fingerprint density at radius 3 is 1.08 bits per heavy atom. The fraction of sp³-hybridized carbons (Fsp3) is 0.143. The predicted molar refractivity (Wildman–Crippen MR) is 110 cm³/mol. The van der Waals surface area contributed by atoms with Crippen molar-refractivity contribution in [1.29, 1.82) is 0 Å². The van der Waals surface area contributed by atoms with Crippen LogP contribution in [-0.2, 0) is 0 Å². The molecule has 3 heteroatoms. The Labute approximate surface area is 157 Å². The van der Waals surface area contributed by atoms with Gasteiger partial charge in [-0.25, -0.2) is 0 Å². The van der Waals surface area contributed by atoms with Crippen LogP contribution in [-0.4, -0.2) is 3.41 Å². The minimum atomic E-state index is 0.00403. The molecule has 0 aliphatic heterocycles. The van der Waals surface area contributed by atoms with E-state index in [4.69, 9.17) is 0 Å². The second kappa shape index (κ2) is 8.70. The van der Waals surface area contributed by atoms with Crippen molar-refractivity contribution >= 4 is 35.3 Å². The molecule has 24 heavy (non-hydrogen) atoms. The van der Waals surface area contributed by atoms with Crippen LogP contribution >= 0.6 is 35.3 Å². The van der Waals surface area contributed by atoms with Crippen LogP contribution in [0.3, 0.4) is 0 Å². The van der Waals surface area contributed by atoms with Gasteiger partial charge in [0.15, 0.2) is 0 Å². The van der Waals surface area contributed by atoms with Gasteiger partial charge in [0, 0.05) is 14.7 Å². The Morgan fingerprint density at radius 1 is 0.542 bits per heavy atom.